The van der Waals surface area contributed by atoms with Crippen LogP contribution < -0.4 is 10.5 Å². The number of rotatable bonds is 4. The molecule has 18 heavy (non-hydrogen) atoms. The fraction of sp³-hybridized carbons (Fsp3) is 0.500. The lowest BCUT2D eigenvalue weighted by Gasteiger charge is -2.20. The first-order valence-electron chi connectivity index (χ1n) is 5.27. The normalized spacial score (nSPS) is 11.4. The second-order valence-electron chi connectivity index (χ2n) is 3.75. The van der Waals surface area contributed by atoms with E-state index in [0.717, 1.165) is 0 Å². The van der Waals surface area contributed by atoms with Crippen LogP contribution in [0.3, 0.4) is 0 Å². The minimum absolute atomic E-state index is 0.126. The summed E-state index contributed by atoms with van der Waals surface area (Å²) in [5.74, 6) is 5.48. The molecule has 0 aliphatic heterocycles. The van der Waals surface area contributed by atoms with Crippen molar-refractivity contribution in [2.75, 3.05) is 18.3 Å². The third-order valence-corrected chi connectivity index (χ3v) is 4.73. The number of nitrogens with zero attached hydrogens (tertiary/aromatic N) is 2. The van der Waals surface area contributed by atoms with E-state index < -0.39 is 10.2 Å². The molecule has 0 amide bonds. The van der Waals surface area contributed by atoms with Crippen LogP contribution in [0.5, 0.6) is 0 Å². The third-order valence-electron chi connectivity index (χ3n) is 2.14. The maximum atomic E-state index is 11.9. The summed E-state index contributed by atoms with van der Waals surface area (Å²) in [4.78, 5) is 4.63. The summed E-state index contributed by atoms with van der Waals surface area (Å²) < 4.78 is 27.4. The van der Waals surface area contributed by atoms with Crippen LogP contribution in [0.1, 0.15) is 18.7 Å². The quantitative estimate of drug-likeness (QED) is 0.787. The second kappa shape index (κ2) is 6.15. The predicted molar refractivity (Wildman–Crippen MR) is 73.5 cm³/mol. The maximum Gasteiger partial charge on any atom is 0.303 e. The van der Waals surface area contributed by atoms with Crippen molar-refractivity contribution in [2.24, 2.45) is 5.73 Å². The van der Waals surface area contributed by atoms with Crippen LogP contribution in [0.15, 0.2) is 6.20 Å². The zero-order chi connectivity index (χ0) is 13.8. The largest absolute Gasteiger partial charge is 0.320 e. The number of nitrogens with one attached hydrogen (secondary N) is 1. The average Bonchev–Trinajstić information content (AvgIpc) is 2.72. The molecule has 1 aromatic heterocycles. The Morgan fingerprint density at radius 1 is 1.61 bits per heavy atom. The van der Waals surface area contributed by atoms with E-state index in [4.69, 9.17) is 5.73 Å². The molecule has 3 N–H and O–H groups in total. The highest BCUT2D eigenvalue weighted by atomic mass is 32.2. The lowest BCUT2D eigenvalue weighted by atomic mass is 10.4. The van der Waals surface area contributed by atoms with Gasteiger partial charge in [-0.1, -0.05) is 23.2 Å². The van der Waals surface area contributed by atoms with Crippen molar-refractivity contribution < 1.29 is 8.42 Å². The van der Waals surface area contributed by atoms with Crippen LogP contribution in [0.25, 0.3) is 0 Å². The number of aromatic nitrogens is 1. The van der Waals surface area contributed by atoms with Gasteiger partial charge in [-0.05, 0) is 13.8 Å². The van der Waals surface area contributed by atoms with Crippen molar-refractivity contribution in [3.05, 3.63) is 11.1 Å². The zero-order valence-corrected chi connectivity index (χ0v) is 12.1. The number of thiazole rings is 1. The monoisotopic (exact) mass is 288 g/mol. The van der Waals surface area contributed by atoms with Gasteiger partial charge >= 0.3 is 10.2 Å². The Bertz CT molecular complexity index is 554. The van der Waals surface area contributed by atoms with Crippen LogP contribution in [-0.4, -0.2) is 37.3 Å². The van der Waals surface area contributed by atoms with Crippen LogP contribution in [-0.2, 0) is 10.2 Å². The molecule has 0 bridgehead atoms. The summed E-state index contributed by atoms with van der Waals surface area (Å²) in [7, 11) is -2.05. The highest BCUT2D eigenvalue weighted by Gasteiger charge is 2.21. The van der Waals surface area contributed by atoms with Crippen molar-refractivity contribution in [2.45, 2.75) is 19.9 Å². The van der Waals surface area contributed by atoms with Crippen LogP contribution >= 0.6 is 11.3 Å². The summed E-state index contributed by atoms with van der Waals surface area (Å²) >= 11 is 1.17. The molecule has 0 saturated carbocycles. The van der Waals surface area contributed by atoms with E-state index in [1.807, 2.05) is 0 Å². The molecule has 0 atom stereocenters. The van der Waals surface area contributed by atoms with E-state index in [1.165, 1.54) is 28.9 Å². The van der Waals surface area contributed by atoms with Crippen molar-refractivity contribution in [3.63, 3.8) is 0 Å². The average molecular weight is 288 g/mol. The van der Waals surface area contributed by atoms with Crippen molar-refractivity contribution in [1.82, 2.24) is 9.29 Å². The predicted octanol–water partition coefficient (Wildman–Crippen LogP) is 0.450. The smallest absolute Gasteiger partial charge is 0.303 e. The molecule has 0 spiro atoms. The first-order chi connectivity index (χ1) is 8.36. The molecule has 1 heterocycles. The fourth-order valence-corrected chi connectivity index (χ4v) is 2.97. The Morgan fingerprint density at radius 3 is 2.83 bits per heavy atom. The van der Waals surface area contributed by atoms with Gasteiger partial charge in [0, 0.05) is 13.1 Å². The highest BCUT2D eigenvalue weighted by Crippen LogP contribution is 2.19. The van der Waals surface area contributed by atoms with Gasteiger partial charge < -0.3 is 5.73 Å². The molecular weight excluding hydrogens is 272 g/mol. The first kappa shape index (κ1) is 14.9. The van der Waals surface area contributed by atoms with Gasteiger partial charge in [0.05, 0.1) is 17.6 Å². The summed E-state index contributed by atoms with van der Waals surface area (Å²) in [6, 6.07) is -0.126. The fourth-order valence-electron chi connectivity index (χ4n) is 0.977. The molecule has 0 unspecified atom stereocenters. The molecule has 6 nitrogen and oxygen atoms in total. The summed E-state index contributed by atoms with van der Waals surface area (Å²) in [6.07, 6.45) is 1.51. The maximum absolute atomic E-state index is 11.9. The van der Waals surface area contributed by atoms with Gasteiger partial charge in [-0.3, -0.25) is 0 Å². The Morgan fingerprint density at radius 2 is 2.28 bits per heavy atom. The zero-order valence-electron chi connectivity index (χ0n) is 10.5. The molecule has 100 valence electrons. The third kappa shape index (κ3) is 3.96. The molecule has 0 aromatic carbocycles. The molecule has 0 fully saturated rings. The molecule has 8 heteroatoms. The number of hydrogen-bond acceptors (Lipinski definition) is 5. The van der Waals surface area contributed by atoms with Gasteiger partial charge in [0.25, 0.3) is 0 Å². The molecule has 1 rings (SSSR count). The number of anilines is 1. The van der Waals surface area contributed by atoms with Crippen LogP contribution in [0.2, 0.25) is 0 Å². The van der Waals surface area contributed by atoms with E-state index in [-0.39, 0.29) is 12.6 Å². The summed E-state index contributed by atoms with van der Waals surface area (Å²) in [5.41, 5.74) is 5.25. The topological polar surface area (TPSA) is 88.3 Å². The molecule has 0 aliphatic rings. The van der Waals surface area contributed by atoms with Gasteiger partial charge in [-0.25, -0.2) is 9.71 Å². The van der Waals surface area contributed by atoms with E-state index in [2.05, 4.69) is 21.5 Å². The van der Waals surface area contributed by atoms with Crippen LogP contribution in [0.4, 0.5) is 5.13 Å². The minimum atomic E-state index is -3.56. The van der Waals surface area contributed by atoms with E-state index in [9.17, 15) is 8.42 Å². The second-order valence-corrected chi connectivity index (χ2v) is 6.51. The van der Waals surface area contributed by atoms with Gasteiger partial charge in [0.2, 0.25) is 0 Å². The van der Waals surface area contributed by atoms with Gasteiger partial charge in [0.1, 0.15) is 0 Å². The van der Waals surface area contributed by atoms with Gasteiger partial charge in [-0.15, -0.1) is 0 Å². The highest BCUT2D eigenvalue weighted by molar-refractivity contribution is 7.90. The van der Waals surface area contributed by atoms with Gasteiger partial charge in [0.15, 0.2) is 5.13 Å². The molecule has 0 radical (unpaired) electrons. The molecule has 0 aliphatic carbocycles. The Hall–Kier alpha value is -1.14. The Kier molecular flexibility index (Phi) is 5.10. The molecule has 0 saturated heterocycles. The summed E-state index contributed by atoms with van der Waals surface area (Å²) in [6.45, 7) is 3.84. The van der Waals surface area contributed by atoms with Crippen molar-refractivity contribution in [3.8, 4) is 11.8 Å². The van der Waals surface area contributed by atoms with Crippen molar-refractivity contribution >= 4 is 26.7 Å². The first-order valence-corrected chi connectivity index (χ1v) is 7.53. The minimum Gasteiger partial charge on any atom is -0.320 e. The molecular formula is C10H16N4O2S2. The standard InChI is InChI=1S/C10H16N4O2S2/c1-8(2)14(3)18(15,16)13-10-12-7-9(17-10)5-4-6-11/h7-8H,6,11H2,1-3H3,(H,12,13). The molecule has 1 aromatic rings. The Balaban J connectivity index is 2.82. The van der Waals surface area contributed by atoms with Gasteiger partial charge in [-0.2, -0.15) is 12.7 Å². The van der Waals surface area contributed by atoms with E-state index in [0.29, 0.717) is 10.0 Å². The SMILES string of the molecule is CC(C)N(C)S(=O)(=O)Nc1ncc(C#CCN)s1. The van der Waals surface area contributed by atoms with E-state index >= 15 is 0 Å². The lowest BCUT2D eigenvalue weighted by Crippen LogP contribution is -2.37. The number of hydrogen-bond donors (Lipinski definition) is 2. The van der Waals surface area contributed by atoms with E-state index in [1.54, 1.807) is 13.8 Å². The lowest BCUT2D eigenvalue weighted by molar-refractivity contribution is 0.414. The number of nitrogens with two attached hydrogens (primary N) is 1. The van der Waals surface area contributed by atoms with Crippen molar-refractivity contribution in [1.29, 1.82) is 0 Å². The summed E-state index contributed by atoms with van der Waals surface area (Å²) in [5, 5.41) is 0.295. The van der Waals surface area contributed by atoms with Crippen LogP contribution in [0, 0.1) is 11.8 Å². The Labute approximate surface area is 111 Å².